The fourth-order valence-corrected chi connectivity index (χ4v) is 0.821. The van der Waals surface area contributed by atoms with Gasteiger partial charge in [0.2, 0.25) is 5.91 Å². The van der Waals surface area contributed by atoms with Crippen molar-refractivity contribution in [1.29, 1.82) is 0 Å². The van der Waals surface area contributed by atoms with Crippen LogP contribution in [0.5, 0.6) is 5.75 Å². The second-order valence-electron chi connectivity index (χ2n) is 2.44. The van der Waals surface area contributed by atoms with Crippen LogP contribution >= 0.6 is 0 Å². The number of carbonyl (C=O) groups excluding carboxylic acids is 1. The van der Waals surface area contributed by atoms with Gasteiger partial charge in [0.15, 0.2) is 0 Å². The van der Waals surface area contributed by atoms with Gasteiger partial charge in [-0.15, -0.1) is 26.3 Å². The van der Waals surface area contributed by atoms with Crippen molar-refractivity contribution in [2.75, 3.05) is 0 Å². The average Bonchev–Trinajstić information content (AvgIpc) is 2.19. The monoisotopic (exact) mass is 233 g/mol. The fraction of sp³-hybridized carbons (Fsp3) is 0.100. The number of halogens is 3. The van der Waals surface area contributed by atoms with E-state index in [1.807, 2.05) is 0 Å². The summed E-state index contributed by atoms with van der Waals surface area (Å²) in [6, 6.07) is 4.36. The number of primary amides is 1. The van der Waals surface area contributed by atoms with Crippen LogP contribution in [0.1, 0.15) is 10.4 Å². The molecule has 3 nitrogen and oxygen atoms in total. The molecule has 0 radical (unpaired) electrons. The number of alkyl halides is 3. The number of rotatable bonds is 2. The van der Waals surface area contributed by atoms with Crippen LogP contribution in [0.25, 0.3) is 0 Å². The smallest absolute Gasteiger partial charge is 0.406 e. The lowest BCUT2D eigenvalue weighted by molar-refractivity contribution is -0.274. The van der Waals surface area contributed by atoms with Crippen molar-refractivity contribution < 1.29 is 22.7 Å². The van der Waals surface area contributed by atoms with Gasteiger partial charge in [0, 0.05) is 5.56 Å². The van der Waals surface area contributed by atoms with Gasteiger partial charge in [-0.05, 0) is 24.3 Å². The van der Waals surface area contributed by atoms with Gasteiger partial charge in [0.1, 0.15) is 5.75 Å². The third-order valence-electron chi connectivity index (χ3n) is 1.37. The van der Waals surface area contributed by atoms with Crippen LogP contribution in [0, 0.1) is 0 Å². The van der Waals surface area contributed by atoms with Crippen molar-refractivity contribution in [3.8, 4) is 5.75 Å². The number of nitrogens with two attached hydrogens (primary N) is 1. The molecule has 0 bridgehead atoms. The third kappa shape index (κ3) is 5.04. The minimum Gasteiger partial charge on any atom is -0.406 e. The third-order valence-corrected chi connectivity index (χ3v) is 1.37. The quantitative estimate of drug-likeness (QED) is 0.798. The highest BCUT2D eigenvalue weighted by Crippen LogP contribution is 2.22. The Morgan fingerprint density at radius 3 is 1.94 bits per heavy atom. The van der Waals surface area contributed by atoms with Crippen LogP contribution < -0.4 is 10.5 Å². The number of hydrogen-bond donors (Lipinski definition) is 1. The molecule has 0 aliphatic rings. The van der Waals surface area contributed by atoms with Gasteiger partial charge < -0.3 is 10.5 Å². The Bertz CT molecular complexity index is 346. The van der Waals surface area contributed by atoms with E-state index in [9.17, 15) is 18.0 Å². The van der Waals surface area contributed by atoms with E-state index in [-0.39, 0.29) is 11.3 Å². The van der Waals surface area contributed by atoms with Crippen molar-refractivity contribution in [2.24, 2.45) is 5.73 Å². The summed E-state index contributed by atoms with van der Waals surface area (Å²) in [6.07, 6.45) is -4.73. The molecule has 0 aliphatic carbocycles. The molecule has 16 heavy (non-hydrogen) atoms. The van der Waals surface area contributed by atoms with Crippen molar-refractivity contribution >= 4 is 5.91 Å². The summed E-state index contributed by atoms with van der Waals surface area (Å²) in [5.41, 5.74) is 5.01. The summed E-state index contributed by atoms with van der Waals surface area (Å²) in [4.78, 5) is 10.6. The van der Waals surface area contributed by atoms with Crippen LogP contribution in [0.2, 0.25) is 0 Å². The lowest BCUT2D eigenvalue weighted by Gasteiger charge is -2.08. The highest BCUT2D eigenvalue weighted by atomic mass is 19.4. The van der Waals surface area contributed by atoms with E-state index in [2.05, 4.69) is 17.9 Å². The first-order valence-corrected chi connectivity index (χ1v) is 4.04. The van der Waals surface area contributed by atoms with Crippen molar-refractivity contribution in [2.45, 2.75) is 6.36 Å². The Kier molecular flexibility index (Phi) is 5.08. The lowest BCUT2D eigenvalue weighted by Crippen LogP contribution is -2.17. The lowest BCUT2D eigenvalue weighted by atomic mass is 10.2. The van der Waals surface area contributed by atoms with Crippen molar-refractivity contribution in [3.05, 3.63) is 43.0 Å². The Morgan fingerprint density at radius 2 is 1.62 bits per heavy atom. The van der Waals surface area contributed by atoms with Gasteiger partial charge in [-0.25, -0.2) is 0 Å². The summed E-state index contributed by atoms with van der Waals surface area (Å²) in [6.45, 7) is 6.00. The molecule has 0 fully saturated rings. The van der Waals surface area contributed by atoms with E-state index in [0.29, 0.717) is 0 Å². The van der Waals surface area contributed by atoms with Gasteiger partial charge in [0.05, 0.1) is 0 Å². The van der Waals surface area contributed by atoms with Crippen LogP contribution in [0.15, 0.2) is 37.4 Å². The summed E-state index contributed by atoms with van der Waals surface area (Å²) in [5, 5.41) is 0. The summed E-state index contributed by atoms with van der Waals surface area (Å²) < 4.78 is 38.6. The first kappa shape index (κ1) is 14.0. The van der Waals surface area contributed by atoms with E-state index >= 15 is 0 Å². The summed E-state index contributed by atoms with van der Waals surface area (Å²) in [5.74, 6) is -1.09. The number of benzene rings is 1. The molecule has 2 N–H and O–H groups in total. The second-order valence-corrected chi connectivity index (χ2v) is 2.44. The predicted octanol–water partition coefficient (Wildman–Crippen LogP) is 2.49. The van der Waals surface area contributed by atoms with E-state index < -0.39 is 12.3 Å². The zero-order chi connectivity index (χ0) is 12.8. The molecule has 1 rings (SSSR count). The van der Waals surface area contributed by atoms with E-state index in [1.165, 1.54) is 0 Å². The Hall–Kier alpha value is -1.98. The molecule has 0 saturated carbocycles. The molecule has 0 spiro atoms. The largest absolute Gasteiger partial charge is 0.573 e. The first-order chi connectivity index (χ1) is 7.38. The normalized spacial score (nSPS) is 9.94. The minimum atomic E-state index is -4.73. The maximum atomic E-state index is 11.7. The van der Waals surface area contributed by atoms with Crippen LogP contribution in [0.4, 0.5) is 13.2 Å². The SMILES string of the molecule is C=C.NC(=O)c1ccc(OC(F)(F)F)cc1. The van der Waals surface area contributed by atoms with Crippen LogP contribution in [-0.4, -0.2) is 12.3 Å². The summed E-state index contributed by atoms with van der Waals surface area (Å²) >= 11 is 0. The Balaban J connectivity index is 0.00000106. The van der Waals surface area contributed by atoms with Crippen molar-refractivity contribution in [3.63, 3.8) is 0 Å². The van der Waals surface area contributed by atoms with E-state index in [4.69, 9.17) is 5.73 Å². The first-order valence-electron chi connectivity index (χ1n) is 4.04. The van der Waals surface area contributed by atoms with Gasteiger partial charge in [-0.2, -0.15) is 0 Å². The molecule has 0 aliphatic heterocycles. The van der Waals surface area contributed by atoms with Gasteiger partial charge >= 0.3 is 6.36 Å². The molecule has 0 atom stereocenters. The average molecular weight is 233 g/mol. The van der Waals surface area contributed by atoms with Gasteiger partial charge in [-0.1, -0.05) is 0 Å². The predicted molar refractivity (Wildman–Crippen MR) is 52.9 cm³/mol. The Morgan fingerprint density at radius 1 is 1.19 bits per heavy atom. The molecule has 1 amide bonds. The van der Waals surface area contributed by atoms with E-state index in [0.717, 1.165) is 24.3 Å². The topological polar surface area (TPSA) is 52.3 Å². The molecular weight excluding hydrogens is 223 g/mol. The molecule has 0 saturated heterocycles. The highest BCUT2D eigenvalue weighted by molar-refractivity contribution is 5.92. The van der Waals surface area contributed by atoms with Crippen LogP contribution in [0.3, 0.4) is 0 Å². The molecule has 1 aromatic rings. The second kappa shape index (κ2) is 5.79. The fourth-order valence-electron chi connectivity index (χ4n) is 0.821. The molecule has 88 valence electrons. The van der Waals surface area contributed by atoms with Crippen LogP contribution in [-0.2, 0) is 0 Å². The summed E-state index contributed by atoms with van der Waals surface area (Å²) in [7, 11) is 0. The Labute approximate surface area is 90.3 Å². The number of hydrogen-bond acceptors (Lipinski definition) is 2. The maximum absolute atomic E-state index is 11.7. The number of carbonyl (C=O) groups is 1. The molecule has 0 unspecified atom stereocenters. The minimum absolute atomic E-state index is 0.125. The molecule has 0 aromatic heterocycles. The highest BCUT2D eigenvalue weighted by Gasteiger charge is 2.30. The van der Waals surface area contributed by atoms with Gasteiger partial charge in [0.25, 0.3) is 0 Å². The van der Waals surface area contributed by atoms with Crippen molar-refractivity contribution in [1.82, 2.24) is 0 Å². The van der Waals surface area contributed by atoms with E-state index in [1.54, 1.807) is 0 Å². The molecule has 0 heterocycles. The van der Waals surface area contributed by atoms with Gasteiger partial charge in [-0.3, -0.25) is 4.79 Å². The molecule has 1 aromatic carbocycles. The zero-order valence-corrected chi connectivity index (χ0v) is 8.25. The molecular formula is C10H10F3NO2. The molecule has 6 heteroatoms. The maximum Gasteiger partial charge on any atom is 0.573 e. The standard InChI is InChI=1S/C8H6F3NO2.C2H4/c9-8(10,11)14-6-3-1-5(2-4-6)7(12)13;1-2/h1-4H,(H2,12,13);1-2H2. The number of ether oxygens (including phenoxy) is 1. The number of amides is 1. The zero-order valence-electron chi connectivity index (χ0n) is 8.25.